The number of anilines is 2. The summed E-state index contributed by atoms with van der Waals surface area (Å²) in [5.74, 6) is -0.712. The number of alkyl halides is 3. The zero-order valence-corrected chi connectivity index (χ0v) is 11.5. The molecule has 2 rings (SSSR count). The fraction of sp³-hybridized carbons (Fsp3) is 0.273. The number of rotatable bonds is 4. The zero-order chi connectivity index (χ0) is 15.5. The highest BCUT2D eigenvalue weighted by Crippen LogP contribution is 2.32. The van der Waals surface area contributed by atoms with E-state index >= 15 is 0 Å². The molecule has 6 nitrogen and oxygen atoms in total. The fourth-order valence-corrected chi connectivity index (χ4v) is 1.96. The van der Waals surface area contributed by atoms with Gasteiger partial charge in [0, 0.05) is 23.8 Å². The van der Waals surface area contributed by atoms with Gasteiger partial charge in [-0.05, 0) is 30.3 Å². The average molecular weight is 317 g/mol. The van der Waals surface area contributed by atoms with Crippen LogP contribution in [0.25, 0.3) is 0 Å². The van der Waals surface area contributed by atoms with Gasteiger partial charge in [0.1, 0.15) is 0 Å². The summed E-state index contributed by atoms with van der Waals surface area (Å²) in [6.07, 6.45) is -4.52. The van der Waals surface area contributed by atoms with Crippen LogP contribution in [-0.4, -0.2) is 27.3 Å². The molecule has 0 aliphatic heterocycles. The Morgan fingerprint density at radius 1 is 1.38 bits per heavy atom. The van der Waals surface area contributed by atoms with Crippen molar-refractivity contribution < 1.29 is 18.0 Å². The van der Waals surface area contributed by atoms with E-state index in [1.807, 2.05) is 0 Å². The van der Waals surface area contributed by atoms with Gasteiger partial charge in [-0.1, -0.05) is 9.59 Å². The molecule has 2 aromatic rings. The number of carbonyl (C=O) groups excluding carboxylic acids is 1. The smallest absolute Gasteiger partial charge is 0.385 e. The Hall–Kier alpha value is -2.23. The lowest BCUT2D eigenvalue weighted by Gasteiger charge is -2.13. The average Bonchev–Trinajstić information content (AvgIpc) is 2.91. The predicted molar refractivity (Wildman–Crippen MR) is 71.3 cm³/mol. The largest absolute Gasteiger partial charge is 0.416 e. The number of hydrogen-bond acceptors (Lipinski definition) is 6. The van der Waals surface area contributed by atoms with Crippen molar-refractivity contribution in [3.8, 4) is 0 Å². The van der Waals surface area contributed by atoms with E-state index in [0.717, 1.165) is 23.7 Å². The Bertz CT molecular complexity index is 629. The molecule has 0 bridgehead atoms. The molecule has 0 saturated carbocycles. The third-order valence-corrected chi connectivity index (χ3v) is 2.99. The number of benzene rings is 1. The third-order valence-electron chi connectivity index (χ3n) is 2.48. The summed E-state index contributed by atoms with van der Waals surface area (Å²) in [5, 5.41) is 12.1. The highest BCUT2D eigenvalue weighted by Gasteiger charge is 2.31. The molecule has 1 aromatic carbocycles. The zero-order valence-electron chi connectivity index (χ0n) is 10.7. The van der Waals surface area contributed by atoms with Crippen LogP contribution < -0.4 is 10.6 Å². The SMILES string of the molecule is CCNc1ccc(C(F)(F)F)cc1C(=O)Nc1nnns1. The van der Waals surface area contributed by atoms with Crippen LogP contribution in [0.2, 0.25) is 0 Å². The van der Waals surface area contributed by atoms with Crippen molar-refractivity contribution in [3.05, 3.63) is 29.3 Å². The van der Waals surface area contributed by atoms with Gasteiger partial charge >= 0.3 is 6.18 Å². The van der Waals surface area contributed by atoms with Crippen molar-refractivity contribution in [2.24, 2.45) is 0 Å². The van der Waals surface area contributed by atoms with E-state index in [-0.39, 0.29) is 10.7 Å². The molecule has 0 saturated heterocycles. The van der Waals surface area contributed by atoms with Crippen molar-refractivity contribution in [1.82, 2.24) is 14.8 Å². The molecular formula is C11H10F3N5OS. The molecule has 1 aromatic heterocycles. The lowest BCUT2D eigenvalue weighted by Crippen LogP contribution is -2.16. The molecule has 0 aliphatic carbocycles. The van der Waals surface area contributed by atoms with Gasteiger partial charge in [-0.25, -0.2) is 0 Å². The number of halogens is 3. The molecule has 0 fully saturated rings. The topological polar surface area (TPSA) is 79.8 Å². The van der Waals surface area contributed by atoms with Gasteiger partial charge in [0.2, 0.25) is 5.13 Å². The van der Waals surface area contributed by atoms with E-state index in [1.165, 1.54) is 6.07 Å². The summed E-state index contributed by atoms with van der Waals surface area (Å²) in [5.41, 5.74) is -0.716. The first-order valence-corrected chi connectivity index (χ1v) is 6.60. The number of nitrogens with zero attached hydrogens (tertiary/aromatic N) is 3. The summed E-state index contributed by atoms with van der Waals surface area (Å²) in [6.45, 7) is 2.24. The predicted octanol–water partition coefficient (Wildman–Crippen LogP) is 2.64. The second-order valence-corrected chi connectivity index (χ2v) is 4.64. The highest BCUT2D eigenvalue weighted by molar-refractivity contribution is 7.09. The second-order valence-electron chi connectivity index (χ2n) is 3.91. The lowest BCUT2D eigenvalue weighted by atomic mass is 10.1. The van der Waals surface area contributed by atoms with Crippen LogP contribution >= 0.6 is 11.5 Å². The quantitative estimate of drug-likeness (QED) is 0.906. The van der Waals surface area contributed by atoms with Crippen LogP contribution in [0.5, 0.6) is 0 Å². The van der Waals surface area contributed by atoms with Gasteiger partial charge in [-0.3, -0.25) is 10.1 Å². The van der Waals surface area contributed by atoms with Crippen molar-refractivity contribution in [3.63, 3.8) is 0 Å². The number of hydrogen-bond donors (Lipinski definition) is 2. The second kappa shape index (κ2) is 6.04. The lowest BCUT2D eigenvalue weighted by molar-refractivity contribution is -0.137. The van der Waals surface area contributed by atoms with Gasteiger partial charge < -0.3 is 5.32 Å². The van der Waals surface area contributed by atoms with Crippen LogP contribution in [-0.2, 0) is 6.18 Å². The van der Waals surface area contributed by atoms with Crippen molar-refractivity contribution in [2.75, 3.05) is 17.2 Å². The molecule has 2 N–H and O–H groups in total. The molecule has 0 aliphatic rings. The molecule has 1 amide bonds. The Morgan fingerprint density at radius 2 is 2.14 bits per heavy atom. The van der Waals surface area contributed by atoms with Crippen molar-refractivity contribution in [2.45, 2.75) is 13.1 Å². The van der Waals surface area contributed by atoms with Crippen LogP contribution in [0.15, 0.2) is 18.2 Å². The molecule has 0 atom stereocenters. The maximum absolute atomic E-state index is 12.7. The molecular weight excluding hydrogens is 307 g/mol. The van der Waals surface area contributed by atoms with Crippen molar-refractivity contribution >= 4 is 28.3 Å². The number of nitrogens with one attached hydrogen (secondary N) is 2. The highest BCUT2D eigenvalue weighted by atomic mass is 32.1. The molecule has 0 radical (unpaired) electrons. The van der Waals surface area contributed by atoms with E-state index in [2.05, 4.69) is 25.4 Å². The molecule has 0 unspecified atom stereocenters. The molecule has 21 heavy (non-hydrogen) atoms. The van der Waals surface area contributed by atoms with E-state index in [9.17, 15) is 18.0 Å². The van der Waals surface area contributed by atoms with Crippen LogP contribution in [0.1, 0.15) is 22.8 Å². The monoisotopic (exact) mass is 317 g/mol. The van der Waals surface area contributed by atoms with Gasteiger partial charge in [0.05, 0.1) is 11.1 Å². The van der Waals surface area contributed by atoms with E-state index in [0.29, 0.717) is 12.2 Å². The summed E-state index contributed by atoms with van der Waals surface area (Å²) in [7, 11) is 0. The maximum Gasteiger partial charge on any atom is 0.416 e. The number of amides is 1. The van der Waals surface area contributed by atoms with Gasteiger partial charge in [-0.2, -0.15) is 13.2 Å². The summed E-state index contributed by atoms with van der Waals surface area (Å²) >= 11 is 0.828. The Morgan fingerprint density at radius 3 is 2.71 bits per heavy atom. The minimum absolute atomic E-state index is 0.111. The van der Waals surface area contributed by atoms with E-state index < -0.39 is 17.6 Å². The van der Waals surface area contributed by atoms with Crippen LogP contribution in [0.4, 0.5) is 24.0 Å². The molecule has 1 heterocycles. The number of carbonyl (C=O) groups is 1. The van der Waals surface area contributed by atoms with E-state index in [1.54, 1.807) is 6.92 Å². The van der Waals surface area contributed by atoms with E-state index in [4.69, 9.17) is 0 Å². The first kappa shape index (κ1) is 15.2. The molecule has 10 heteroatoms. The minimum atomic E-state index is -4.52. The fourth-order valence-electron chi connectivity index (χ4n) is 1.60. The minimum Gasteiger partial charge on any atom is -0.385 e. The third kappa shape index (κ3) is 3.66. The molecule has 0 spiro atoms. The van der Waals surface area contributed by atoms with Gasteiger partial charge in [0.25, 0.3) is 5.91 Å². The summed E-state index contributed by atoms with van der Waals surface area (Å²) in [6, 6.07) is 2.93. The maximum atomic E-state index is 12.7. The van der Waals surface area contributed by atoms with Gasteiger partial charge in [-0.15, -0.1) is 0 Å². The summed E-state index contributed by atoms with van der Waals surface area (Å²) < 4.78 is 41.7. The Kier molecular flexibility index (Phi) is 4.36. The van der Waals surface area contributed by atoms with Crippen LogP contribution in [0, 0.1) is 0 Å². The normalized spacial score (nSPS) is 11.2. The van der Waals surface area contributed by atoms with Crippen LogP contribution in [0.3, 0.4) is 0 Å². The van der Waals surface area contributed by atoms with Crippen molar-refractivity contribution in [1.29, 1.82) is 0 Å². The Labute approximate surface area is 121 Å². The van der Waals surface area contributed by atoms with Gasteiger partial charge in [0.15, 0.2) is 0 Å². The Balaban J connectivity index is 2.35. The first-order chi connectivity index (χ1) is 9.91. The first-order valence-electron chi connectivity index (χ1n) is 5.83. The number of aromatic nitrogens is 3. The summed E-state index contributed by atoms with van der Waals surface area (Å²) in [4.78, 5) is 12.1. The molecule has 112 valence electrons. The standard InChI is InChI=1S/C11H10F3N5OS/c1-2-15-8-4-3-6(11(12,13)14)5-7(8)9(20)16-10-17-18-19-21-10/h3-5,15H,2H2,1H3,(H,16,17,19,20).